The van der Waals surface area contributed by atoms with Gasteiger partial charge in [-0.25, -0.2) is 0 Å². The lowest BCUT2D eigenvalue weighted by atomic mass is 10.1. The molecule has 0 aromatic heterocycles. The van der Waals surface area contributed by atoms with Crippen LogP contribution < -0.4 is 5.32 Å². The molecule has 0 aliphatic carbocycles. The van der Waals surface area contributed by atoms with Crippen molar-refractivity contribution in [3.63, 3.8) is 0 Å². The normalized spacial score (nSPS) is 10.2. The summed E-state index contributed by atoms with van der Waals surface area (Å²) in [6, 6.07) is 12.0. The van der Waals surface area contributed by atoms with E-state index in [4.69, 9.17) is 11.6 Å². The van der Waals surface area contributed by atoms with Crippen molar-refractivity contribution in [3.05, 3.63) is 58.6 Å². The molecule has 3 nitrogen and oxygen atoms in total. The van der Waals surface area contributed by atoms with Gasteiger partial charge in [0.2, 0.25) is 0 Å². The van der Waals surface area contributed by atoms with E-state index in [-0.39, 0.29) is 16.7 Å². The molecule has 1 amide bonds. The van der Waals surface area contributed by atoms with Crippen LogP contribution in [-0.2, 0) is 6.42 Å². The minimum atomic E-state index is -0.247. The number of amides is 1. The first-order chi connectivity index (χ1) is 9.11. The summed E-state index contributed by atoms with van der Waals surface area (Å²) in [5, 5.41) is 12.3. The molecule has 2 aromatic rings. The second-order valence-electron chi connectivity index (χ2n) is 4.13. The van der Waals surface area contributed by atoms with E-state index in [2.05, 4.69) is 5.32 Å². The van der Waals surface area contributed by atoms with Crippen molar-refractivity contribution >= 4 is 23.2 Å². The number of nitrogens with one attached hydrogen (secondary N) is 1. The van der Waals surface area contributed by atoms with E-state index >= 15 is 0 Å². The van der Waals surface area contributed by atoms with Crippen LogP contribution in [0.1, 0.15) is 22.8 Å². The maximum absolute atomic E-state index is 12.1. The van der Waals surface area contributed by atoms with Crippen molar-refractivity contribution in [2.24, 2.45) is 0 Å². The molecular weight excluding hydrogens is 262 g/mol. The number of hydrogen-bond donors (Lipinski definition) is 2. The van der Waals surface area contributed by atoms with E-state index in [0.717, 1.165) is 17.7 Å². The number of carbonyl (C=O) groups is 1. The Balaban J connectivity index is 2.23. The average molecular weight is 276 g/mol. The molecule has 0 fully saturated rings. The zero-order valence-corrected chi connectivity index (χ0v) is 11.2. The highest BCUT2D eigenvalue weighted by Gasteiger charge is 2.10. The number of carbonyl (C=O) groups excluding carboxylic acids is 1. The van der Waals surface area contributed by atoms with Crippen molar-refractivity contribution in [1.82, 2.24) is 0 Å². The van der Waals surface area contributed by atoms with Crippen LogP contribution >= 0.6 is 11.6 Å². The van der Waals surface area contributed by atoms with E-state index in [1.165, 1.54) is 18.2 Å². The first kappa shape index (κ1) is 13.4. The van der Waals surface area contributed by atoms with Gasteiger partial charge in [-0.1, -0.05) is 36.7 Å². The fourth-order valence-corrected chi connectivity index (χ4v) is 1.97. The van der Waals surface area contributed by atoms with Crippen molar-refractivity contribution in [2.75, 3.05) is 5.32 Å². The number of para-hydroxylation sites is 1. The fraction of sp³-hybridized carbons (Fsp3) is 0.133. The minimum absolute atomic E-state index is 0.0350. The van der Waals surface area contributed by atoms with Crippen molar-refractivity contribution < 1.29 is 9.90 Å². The van der Waals surface area contributed by atoms with E-state index < -0.39 is 0 Å². The number of anilines is 1. The Morgan fingerprint density at radius 3 is 2.68 bits per heavy atom. The molecule has 0 unspecified atom stereocenters. The first-order valence-electron chi connectivity index (χ1n) is 5.99. The Labute approximate surface area is 116 Å². The van der Waals surface area contributed by atoms with Crippen LogP contribution in [0.4, 0.5) is 5.69 Å². The van der Waals surface area contributed by atoms with Gasteiger partial charge in [-0.05, 0) is 36.2 Å². The van der Waals surface area contributed by atoms with Gasteiger partial charge in [0.1, 0.15) is 5.75 Å². The Bertz CT molecular complexity index is 611. The van der Waals surface area contributed by atoms with Crippen LogP contribution in [0.5, 0.6) is 5.75 Å². The van der Waals surface area contributed by atoms with Gasteiger partial charge in [0, 0.05) is 11.3 Å². The van der Waals surface area contributed by atoms with Gasteiger partial charge in [0.05, 0.1) is 5.02 Å². The van der Waals surface area contributed by atoms with Gasteiger partial charge < -0.3 is 10.4 Å². The highest BCUT2D eigenvalue weighted by molar-refractivity contribution is 6.32. The summed E-state index contributed by atoms with van der Waals surface area (Å²) in [6.07, 6.45) is 0.840. The molecule has 98 valence electrons. The second-order valence-corrected chi connectivity index (χ2v) is 4.54. The molecule has 0 saturated heterocycles. The third-order valence-electron chi connectivity index (χ3n) is 2.86. The topological polar surface area (TPSA) is 49.3 Å². The molecule has 4 heteroatoms. The average Bonchev–Trinajstić information content (AvgIpc) is 2.42. The number of rotatable bonds is 3. The van der Waals surface area contributed by atoms with E-state index in [1.807, 2.05) is 31.2 Å². The molecule has 0 aliphatic rings. The number of benzene rings is 2. The quantitative estimate of drug-likeness (QED) is 0.894. The maximum Gasteiger partial charge on any atom is 0.255 e. The third kappa shape index (κ3) is 3.06. The minimum Gasteiger partial charge on any atom is -0.506 e. The predicted octanol–water partition coefficient (Wildman–Crippen LogP) is 3.86. The zero-order chi connectivity index (χ0) is 13.8. The highest BCUT2D eigenvalue weighted by Crippen LogP contribution is 2.24. The highest BCUT2D eigenvalue weighted by atomic mass is 35.5. The predicted molar refractivity (Wildman–Crippen MR) is 76.9 cm³/mol. The molecule has 2 rings (SSSR count). The number of phenols is 1. The summed E-state index contributed by atoms with van der Waals surface area (Å²) < 4.78 is 0. The van der Waals surface area contributed by atoms with Crippen LogP contribution in [0.2, 0.25) is 5.02 Å². The molecule has 19 heavy (non-hydrogen) atoms. The molecule has 0 atom stereocenters. The van der Waals surface area contributed by atoms with Crippen LogP contribution in [0.15, 0.2) is 42.5 Å². The summed E-state index contributed by atoms with van der Waals surface area (Å²) in [7, 11) is 0. The summed E-state index contributed by atoms with van der Waals surface area (Å²) in [6.45, 7) is 2.03. The lowest BCUT2D eigenvalue weighted by Gasteiger charge is -2.10. The van der Waals surface area contributed by atoms with Gasteiger partial charge in [0.25, 0.3) is 5.91 Å². The molecular formula is C15H14ClNO2. The lowest BCUT2D eigenvalue weighted by molar-refractivity contribution is 0.102. The van der Waals surface area contributed by atoms with Crippen LogP contribution in [-0.4, -0.2) is 11.0 Å². The van der Waals surface area contributed by atoms with Gasteiger partial charge in [-0.2, -0.15) is 0 Å². The third-order valence-corrected chi connectivity index (χ3v) is 3.16. The Kier molecular flexibility index (Phi) is 4.07. The maximum atomic E-state index is 12.1. The summed E-state index contributed by atoms with van der Waals surface area (Å²) in [4.78, 5) is 12.1. The lowest BCUT2D eigenvalue weighted by Crippen LogP contribution is -2.13. The largest absolute Gasteiger partial charge is 0.506 e. The molecule has 0 spiro atoms. The summed E-state index contributed by atoms with van der Waals surface area (Å²) in [5.41, 5.74) is 2.27. The van der Waals surface area contributed by atoms with E-state index in [9.17, 15) is 9.90 Å². The number of phenolic OH excluding ortho intramolecular Hbond substituents is 1. The summed E-state index contributed by atoms with van der Waals surface area (Å²) in [5.74, 6) is -0.282. The molecule has 0 bridgehead atoms. The van der Waals surface area contributed by atoms with Crippen LogP contribution in [0, 0.1) is 0 Å². The standard InChI is InChI=1S/C15H14ClNO2/c1-2-10-5-3-4-6-13(10)17-15(19)11-7-8-14(18)12(16)9-11/h3-9,18H,2H2,1H3,(H,17,19). The molecule has 0 radical (unpaired) electrons. The molecule has 0 aliphatic heterocycles. The van der Waals surface area contributed by atoms with Gasteiger partial charge >= 0.3 is 0 Å². The summed E-state index contributed by atoms with van der Waals surface area (Å²) >= 11 is 5.79. The Morgan fingerprint density at radius 2 is 2.00 bits per heavy atom. The number of halogens is 1. The van der Waals surface area contributed by atoms with Gasteiger partial charge in [-0.3, -0.25) is 4.79 Å². The molecule has 0 saturated carbocycles. The van der Waals surface area contributed by atoms with E-state index in [0.29, 0.717) is 5.56 Å². The first-order valence-corrected chi connectivity index (χ1v) is 6.37. The Hall–Kier alpha value is -2.00. The van der Waals surface area contributed by atoms with Crippen molar-refractivity contribution in [1.29, 1.82) is 0 Å². The molecule has 2 N–H and O–H groups in total. The van der Waals surface area contributed by atoms with Crippen molar-refractivity contribution in [3.8, 4) is 5.75 Å². The number of aromatic hydroxyl groups is 1. The van der Waals surface area contributed by atoms with Gasteiger partial charge in [0.15, 0.2) is 0 Å². The van der Waals surface area contributed by atoms with Crippen LogP contribution in [0.25, 0.3) is 0 Å². The fourth-order valence-electron chi connectivity index (χ4n) is 1.79. The molecule has 0 heterocycles. The number of hydrogen-bond acceptors (Lipinski definition) is 2. The van der Waals surface area contributed by atoms with E-state index in [1.54, 1.807) is 0 Å². The monoisotopic (exact) mass is 275 g/mol. The molecule has 2 aromatic carbocycles. The van der Waals surface area contributed by atoms with Crippen molar-refractivity contribution in [2.45, 2.75) is 13.3 Å². The zero-order valence-electron chi connectivity index (χ0n) is 10.5. The number of aryl methyl sites for hydroxylation is 1. The second kappa shape index (κ2) is 5.76. The Morgan fingerprint density at radius 1 is 1.26 bits per heavy atom. The van der Waals surface area contributed by atoms with Gasteiger partial charge in [-0.15, -0.1) is 0 Å². The van der Waals surface area contributed by atoms with Crippen LogP contribution in [0.3, 0.4) is 0 Å². The SMILES string of the molecule is CCc1ccccc1NC(=O)c1ccc(O)c(Cl)c1. The smallest absolute Gasteiger partial charge is 0.255 e.